The van der Waals surface area contributed by atoms with Gasteiger partial charge >= 0.3 is 0 Å². The van der Waals surface area contributed by atoms with Gasteiger partial charge in [-0.2, -0.15) is 0 Å². The molecule has 4 nitrogen and oxygen atoms in total. The molecular weight excluding hydrogens is 225 g/mol. The molecule has 0 bridgehead atoms. The number of rotatable bonds is 5. The fourth-order valence-electron chi connectivity index (χ4n) is 1.21. The molecular formula is C12H16FNO3. The highest BCUT2D eigenvalue weighted by atomic mass is 19.1. The Morgan fingerprint density at radius 1 is 1.53 bits per heavy atom. The zero-order chi connectivity index (χ0) is 12.8. The number of aromatic hydroxyl groups is 1. The highest BCUT2D eigenvalue weighted by Gasteiger charge is 2.07. The van der Waals surface area contributed by atoms with E-state index in [0.29, 0.717) is 6.61 Å². The second-order valence-electron chi connectivity index (χ2n) is 3.88. The van der Waals surface area contributed by atoms with Crippen LogP contribution < -0.4 is 5.32 Å². The number of anilines is 1. The average Bonchev–Trinajstić information content (AvgIpc) is 2.21. The lowest BCUT2D eigenvalue weighted by atomic mass is 10.2. The quantitative estimate of drug-likeness (QED) is 0.777. The maximum absolute atomic E-state index is 13.3. The summed E-state index contributed by atoms with van der Waals surface area (Å²) in [7, 11) is 0. The first-order valence-corrected chi connectivity index (χ1v) is 5.39. The van der Waals surface area contributed by atoms with E-state index in [9.17, 15) is 9.18 Å². The van der Waals surface area contributed by atoms with Crippen LogP contribution in [0.3, 0.4) is 0 Å². The van der Waals surface area contributed by atoms with E-state index < -0.39 is 5.82 Å². The van der Waals surface area contributed by atoms with Crippen molar-refractivity contribution in [3.05, 3.63) is 24.0 Å². The molecule has 0 saturated carbocycles. The normalized spacial score (nSPS) is 10.6. The molecule has 1 rings (SSSR count). The third kappa shape index (κ3) is 4.82. The van der Waals surface area contributed by atoms with Gasteiger partial charge in [0.15, 0.2) is 0 Å². The minimum absolute atomic E-state index is 0.0531. The molecule has 0 fully saturated rings. The van der Waals surface area contributed by atoms with Crippen molar-refractivity contribution >= 4 is 11.6 Å². The first-order chi connectivity index (χ1) is 7.99. The molecule has 94 valence electrons. The van der Waals surface area contributed by atoms with E-state index >= 15 is 0 Å². The maximum Gasteiger partial charge on any atom is 0.226 e. The van der Waals surface area contributed by atoms with E-state index in [0.717, 1.165) is 6.07 Å². The Hall–Kier alpha value is -1.62. The van der Waals surface area contributed by atoms with E-state index in [1.807, 2.05) is 13.8 Å². The van der Waals surface area contributed by atoms with E-state index in [-0.39, 0.29) is 29.9 Å². The summed E-state index contributed by atoms with van der Waals surface area (Å²) in [5.41, 5.74) is 0.0531. The molecule has 17 heavy (non-hydrogen) atoms. The van der Waals surface area contributed by atoms with Crippen molar-refractivity contribution in [2.75, 3.05) is 11.9 Å². The average molecular weight is 241 g/mol. The molecule has 0 unspecified atom stereocenters. The number of ether oxygens (including phenoxy) is 1. The summed E-state index contributed by atoms with van der Waals surface area (Å²) in [5.74, 6) is -1.16. The van der Waals surface area contributed by atoms with Gasteiger partial charge in [-0.25, -0.2) is 4.39 Å². The van der Waals surface area contributed by atoms with Crippen LogP contribution in [0.25, 0.3) is 0 Å². The van der Waals surface area contributed by atoms with Gasteiger partial charge in [0.05, 0.1) is 24.8 Å². The molecule has 1 amide bonds. The zero-order valence-electron chi connectivity index (χ0n) is 9.87. The molecule has 0 saturated heterocycles. The van der Waals surface area contributed by atoms with Crippen molar-refractivity contribution in [1.82, 2.24) is 0 Å². The number of benzene rings is 1. The minimum atomic E-state index is -0.664. The number of hydrogen-bond donors (Lipinski definition) is 2. The van der Waals surface area contributed by atoms with Crippen molar-refractivity contribution in [1.29, 1.82) is 0 Å². The van der Waals surface area contributed by atoms with Crippen molar-refractivity contribution in [3.8, 4) is 5.75 Å². The largest absolute Gasteiger partial charge is 0.508 e. The summed E-state index contributed by atoms with van der Waals surface area (Å²) in [5, 5.41) is 11.4. The van der Waals surface area contributed by atoms with E-state index in [1.165, 1.54) is 12.1 Å². The van der Waals surface area contributed by atoms with Gasteiger partial charge in [0, 0.05) is 6.07 Å². The van der Waals surface area contributed by atoms with E-state index in [1.54, 1.807) is 0 Å². The van der Waals surface area contributed by atoms with Gasteiger partial charge in [-0.05, 0) is 26.0 Å². The fraction of sp³-hybridized carbons (Fsp3) is 0.417. The Morgan fingerprint density at radius 3 is 2.82 bits per heavy atom. The molecule has 0 aliphatic rings. The van der Waals surface area contributed by atoms with E-state index in [2.05, 4.69) is 5.32 Å². The lowest BCUT2D eigenvalue weighted by Crippen LogP contribution is -2.16. The van der Waals surface area contributed by atoms with Gasteiger partial charge in [0.2, 0.25) is 5.91 Å². The summed E-state index contributed by atoms with van der Waals surface area (Å²) < 4.78 is 18.5. The van der Waals surface area contributed by atoms with Crippen molar-refractivity contribution in [2.24, 2.45) is 0 Å². The number of hydrogen-bond acceptors (Lipinski definition) is 3. The smallest absolute Gasteiger partial charge is 0.226 e. The summed E-state index contributed by atoms with van der Waals surface area (Å²) in [6.45, 7) is 4.04. The van der Waals surface area contributed by atoms with Crippen LogP contribution in [-0.4, -0.2) is 23.7 Å². The molecule has 0 aliphatic heterocycles. The number of carbonyl (C=O) groups is 1. The van der Waals surface area contributed by atoms with Crippen molar-refractivity contribution < 1.29 is 19.0 Å². The Kier molecular flexibility index (Phi) is 4.90. The van der Waals surface area contributed by atoms with Gasteiger partial charge in [-0.3, -0.25) is 4.79 Å². The molecule has 0 aromatic heterocycles. The topological polar surface area (TPSA) is 58.6 Å². The number of nitrogens with one attached hydrogen (secondary N) is 1. The first-order valence-electron chi connectivity index (χ1n) is 5.39. The molecule has 5 heteroatoms. The Bertz CT molecular complexity index is 393. The molecule has 0 atom stereocenters. The third-order valence-electron chi connectivity index (χ3n) is 2.01. The highest BCUT2D eigenvalue weighted by Crippen LogP contribution is 2.19. The van der Waals surface area contributed by atoms with Gasteiger partial charge in [-0.15, -0.1) is 0 Å². The van der Waals surface area contributed by atoms with Crippen LogP contribution in [0.5, 0.6) is 5.75 Å². The molecule has 0 heterocycles. The van der Waals surface area contributed by atoms with Gasteiger partial charge in [0.1, 0.15) is 11.6 Å². The van der Waals surface area contributed by atoms with Crippen LogP contribution in [-0.2, 0) is 9.53 Å². The summed E-state index contributed by atoms with van der Waals surface area (Å²) in [6.07, 6.45) is 0.228. The summed E-state index contributed by atoms with van der Waals surface area (Å²) in [4.78, 5) is 11.4. The minimum Gasteiger partial charge on any atom is -0.508 e. The van der Waals surface area contributed by atoms with Crippen LogP contribution >= 0.6 is 0 Å². The Labute approximate surface area is 99.4 Å². The number of phenolic OH excluding ortho intramolecular Hbond substituents is 1. The van der Waals surface area contributed by atoms with Crippen LogP contribution in [0, 0.1) is 5.82 Å². The lowest BCUT2D eigenvalue weighted by molar-refractivity contribution is -0.117. The predicted octanol–water partition coefficient (Wildman–Crippen LogP) is 2.28. The number of carbonyl (C=O) groups excluding carboxylic acids is 1. The van der Waals surface area contributed by atoms with Crippen molar-refractivity contribution in [2.45, 2.75) is 26.4 Å². The van der Waals surface area contributed by atoms with Crippen LogP contribution in [0.1, 0.15) is 20.3 Å². The SMILES string of the molecule is CC(C)OCCC(=O)Nc1ccc(O)cc1F. The maximum atomic E-state index is 13.3. The third-order valence-corrected chi connectivity index (χ3v) is 2.01. The fourth-order valence-corrected chi connectivity index (χ4v) is 1.21. The molecule has 1 aromatic rings. The second kappa shape index (κ2) is 6.20. The lowest BCUT2D eigenvalue weighted by Gasteiger charge is -2.08. The number of halogens is 1. The highest BCUT2D eigenvalue weighted by molar-refractivity contribution is 5.90. The molecule has 0 radical (unpaired) electrons. The van der Waals surface area contributed by atoms with Crippen LogP contribution in [0.4, 0.5) is 10.1 Å². The monoisotopic (exact) mass is 241 g/mol. The number of phenols is 1. The van der Waals surface area contributed by atoms with Gasteiger partial charge < -0.3 is 15.2 Å². The zero-order valence-corrected chi connectivity index (χ0v) is 9.87. The Morgan fingerprint density at radius 2 is 2.24 bits per heavy atom. The molecule has 1 aromatic carbocycles. The second-order valence-corrected chi connectivity index (χ2v) is 3.88. The summed E-state index contributed by atoms with van der Waals surface area (Å²) >= 11 is 0. The van der Waals surface area contributed by atoms with Gasteiger partial charge in [-0.1, -0.05) is 0 Å². The molecule has 2 N–H and O–H groups in total. The standard InChI is InChI=1S/C12H16FNO3/c1-8(2)17-6-5-12(16)14-11-4-3-9(15)7-10(11)13/h3-4,7-8,15H,5-6H2,1-2H3,(H,14,16). The summed E-state index contributed by atoms with van der Waals surface area (Å²) in [6, 6.07) is 3.56. The van der Waals surface area contributed by atoms with Crippen LogP contribution in [0.2, 0.25) is 0 Å². The van der Waals surface area contributed by atoms with Crippen LogP contribution in [0.15, 0.2) is 18.2 Å². The predicted molar refractivity (Wildman–Crippen MR) is 62.4 cm³/mol. The molecule has 0 aliphatic carbocycles. The first kappa shape index (κ1) is 13.4. The van der Waals surface area contributed by atoms with Crippen molar-refractivity contribution in [3.63, 3.8) is 0 Å². The molecule has 0 spiro atoms. The van der Waals surface area contributed by atoms with E-state index in [4.69, 9.17) is 9.84 Å². The number of amides is 1. The van der Waals surface area contributed by atoms with Gasteiger partial charge in [0.25, 0.3) is 0 Å². The Balaban J connectivity index is 2.45.